The third kappa shape index (κ3) is 6.43. The van der Waals surface area contributed by atoms with Gasteiger partial charge >= 0.3 is 0 Å². The maximum absolute atomic E-state index is 5.46. The number of hydrogen-bond donors (Lipinski definition) is 1. The Hall–Kier alpha value is -0.550. The van der Waals surface area contributed by atoms with E-state index in [1.165, 1.54) is 23.3 Å². The molecular formula is C15H23NO2S. The summed E-state index contributed by atoms with van der Waals surface area (Å²) in [5.41, 5.74) is 1.37. The molecule has 0 saturated heterocycles. The smallest absolute Gasteiger partial charge is 0.0700 e. The van der Waals surface area contributed by atoms with Gasteiger partial charge in [-0.2, -0.15) is 0 Å². The van der Waals surface area contributed by atoms with E-state index in [0.29, 0.717) is 13.2 Å². The predicted octanol–water partition coefficient (Wildman–Crippen LogP) is 2.69. The monoisotopic (exact) mass is 281 g/mol. The molecule has 0 unspecified atom stereocenters. The lowest BCUT2D eigenvalue weighted by Gasteiger charge is -2.07. The molecule has 0 aromatic heterocycles. The van der Waals surface area contributed by atoms with Crippen LogP contribution in [0.2, 0.25) is 0 Å². The predicted molar refractivity (Wildman–Crippen MR) is 79.7 cm³/mol. The van der Waals surface area contributed by atoms with E-state index >= 15 is 0 Å². The molecule has 19 heavy (non-hydrogen) atoms. The van der Waals surface area contributed by atoms with Gasteiger partial charge in [-0.15, -0.1) is 11.8 Å². The Balaban J connectivity index is 1.63. The molecule has 2 rings (SSSR count). The number of ether oxygens (including phenoxy) is 2. The van der Waals surface area contributed by atoms with Crippen LogP contribution >= 0.6 is 11.8 Å². The molecule has 1 aliphatic carbocycles. The number of thioether (sulfide) groups is 1. The normalized spacial score (nSPS) is 14.8. The SMILES string of the molecule is COCCOCCSc1cccc(CNC2CC2)c1. The number of benzene rings is 1. The zero-order valence-corrected chi connectivity index (χ0v) is 12.4. The molecule has 1 aromatic carbocycles. The van der Waals surface area contributed by atoms with E-state index in [9.17, 15) is 0 Å². The van der Waals surface area contributed by atoms with Crippen molar-refractivity contribution in [1.29, 1.82) is 0 Å². The Kier molecular flexibility index (Phi) is 6.71. The lowest BCUT2D eigenvalue weighted by atomic mass is 10.2. The third-order valence-corrected chi connectivity index (χ3v) is 3.96. The Labute approximate surface area is 120 Å². The first-order chi connectivity index (χ1) is 9.38. The molecule has 4 heteroatoms. The molecule has 3 nitrogen and oxygen atoms in total. The minimum atomic E-state index is 0.674. The summed E-state index contributed by atoms with van der Waals surface area (Å²) in [5, 5.41) is 3.54. The fourth-order valence-corrected chi connectivity index (χ4v) is 2.60. The van der Waals surface area contributed by atoms with Gasteiger partial charge in [-0.05, 0) is 30.5 Å². The molecule has 1 fully saturated rings. The largest absolute Gasteiger partial charge is 0.382 e. The highest BCUT2D eigenvalue weighted by atomic mass is 32.2. The molecule has 1 aromatic rings. The van der Waals surface area contributed by atoms with Crippen molar-refractivity contribution in [3.05, 3.63) is 29.8 Å². The molecule has 1 aliphatic rings. The van der Waals surface area contributed by atoms with E-state index in [1.807, 2.05) is 11.8 Å². The van der Waals surface area contributed by atoms with E-state index in [2.05, 4.69) is 29.6 Å². The lowest BCUT2D eigenvalue weighted by Crippen LogP contribution is -2.15. The summed E-state index contributed by atoms with van der Waals surface area (Å²) in [4.78, 5) is 1.32. The Morgan fingerprint density at radius 2 is 2.16 bits per heavy atom. The van der Waals surface area contributed by atoms with Crippen molar-refractivity contribution in [2.24, 2.45) is 0 Å². The Morgan fingerprint density at radius 1 is 1.26 bits per heavy atom. The van der Waals surface area contributed by atoms with Crippen molar-refractivity contribution in [2.45, 2.75) is 30.3 Å². The maximum Gasteiger partial charge on any atom is 0.0700 e. The lowest BCUT2D eigenvalue weighted by molar-refractivity contribution is 0.0790. The van der Waals surface area contributed by atoms with Crippen molar-refractivity contribution in [2.75, 3.05) is 32.7 Å². The molecule has 1 saturated carbocycles. The highest BCUT2D eigenvalue weighted by Crippen LogP contribution is 2.21. The topological polar surface area (TPSA) is 30.5 Å². The van der Waals surface area contributed by atoms with Crippen LogP contribution in [-0.4, -0.2) is 38.7 Å². The van der Waals surface area contributed by atoms with E-state index in [1.54, 1.807) is 7.11 Å². The zero-order chi connectivity index (χ0) is 13.3. The molecule has 0 spiro atoms. The van der Waals surface area contributed by atoms with Gasteiger partial charge in [0.15, 0.2) is 0 Å². The van der Waals surface area contributed by atoms with Crippen molar-refractivity contribution in [1.82, 2.24) is 5.32 Å². The van der Waals surface area contributed by atoms with Gasteiger partial charge in [-0.1, -0.05) is 12.1 Å². The van der Waals surface area contributed by atoms with E-state index < -0.39 is 0 Å². The van der Waals surface area contributed by atoms with Crippen molar-refractivity contribution in [3.63, 3.8) is 0 Å². The molecular weight excluding hydrogens is 258 g/mol. The van der Waals surface area contributed by atoms with E-state index in [4.69, 9.17) is 9.47 Å². The maximum atomic E-state index is 5.46. The average molecular weight is 281 g/mol. The second-order valence-electron chi connectivity index (χ2n) is 4.76. The average Bonchev–Trinajstić information content (AvgIpc) is 3.25. The number of hydrogen-bond acceptors (Lipinski definition) is 4. The van der Waals surface area contributed by atoms with Gasteiger partial charge in [-0.25, -0.2) is 0 Å². The van der Waals surface area contributed by atoms with Crippen LogP contribution in [0.4, 0.5) is 0 Å². The minimum absolute atomic E-state index is 0.674. The highest BCUT2D eigenvalue weighted by Gasteiger charge is 2.19. The van der Waals surface area contributed by atoms with Gasteiger partial charge in [0.1, 0.15) is 0 Å². The van der Waals surface area contributed by atoms with Gasteiger partial charge in [0.05, 0.1) is 19.8 Å². The Morgan fingerprint density at radius 3 is 2.95 bits per heavy atom. The van der Waals surface area contributed by atoms with E-state index in [-0.39, 0.29) is 0 Å². The molecule has 0 amide bonds. The molecule has 0 heterocycles. The van der Waals surface area contributed by atoms with Gasteiger partial charge in [0, 0.05) is 30.3 Å². The molecule has 0 radical (unpaired) electrons. The summed E-state index contributed by atoms with van der Waals surface area (Å²) in [6.45, 7) is 3.12. The zero-order valence-electron chi connectivity index (χ0n) is 11.6. The molecule has 0 bridgehead atoms. The van der Waals surface area contributed by atoms with Crippen LogP contribution < -0.4 is 5.32 Å². The first-order valence-corrected chi connectivity index (χ1v) is 7.89. The third-order valence-electron chi connectivity index (χ3n) is 3.00. The number of nitrogens with one attached hydrogen (secondary N) is 1. The molecule has 1 N–H and O–H groups in total. The quantitative estimate of drug-likeness (QED) is 0.527. The first kappa shape index (κ1) is 14.9. The van der Waals surface area contributed by atoms with Gasteiger partial charge in [-0.3, -0.25) is 0 Å². The van der Waals surface area contributed by atoms with Gasteiger partial charge in [0.25, 0.3) is 0 Å². The molecule has 106 valence electrons. The summed E-state index contributed by atoms with van der Waals surface area (Å²) >= 11 is 1.85. The van der Waals surface area contributed by atoms with Crippen LogP contribution in [0, 0.1) is 0 Å². The standard InChI is InChI=1S/C15H23NO2S/c1-17-7-8-18-9-10-19-15-4-2-3-13(11-15)12-16-14-5-6-14/h2-4,11,14,16H,5-10,12H2,1H3. The summed E-state index contributed by atoms with van der Waals surface area (Å²) in [6.07, 6.45) is 2.68. The van der Waals surface area contributed by atoms with Crippen LogP contribution in [0.5, 0.6) is 0 Å². The number of rotatable bonds is 10. The van der Waals surface area contributed by atoms with Crippen LogP contribution in [0.1, 0.15) is 18.4 Å². The van der Waals surface area contributed by atoms with Crippen molar-refractivity contribution < 1.29 is 9.47 Å². The van der Waals surface area contributed by atoms with Crippen molar-refractivity contribution in [3.8, 4) is 0 Å². The van der Waals surface area contributed by atoms with E-state index in [0.717, 1.165) is 24.9 Å². The number of methoxy groups -OCH3 is 1. The second-order valence-corrected chi connectivity index (χ2v) is 5.92. The van der Waals surface area contributed by atoms with Crippen LogP contribution in [0.3, 0.4) is 0 Å². The second kappa shape index (κ2) is 8.59. The Bertz CT molecular complexity index is 369. The minimum Gasteiger partial charge on any atom is -0.382 e. The van der Waals surface area contributed by atoms with Crippen LogP contribution in [-0.2, 0) is 16.0 Å². The molecule has 0 atom stereocenters. The highest BCUT2D eigenvalue weighted by molar-refractivity contribution is 7.99. The van der Waals surface area contributed by atoms with Crippen LogP contribution in [0.15, 0.2) is 29.2 Å². The first-order valence-electron chi connectivity index (χ1n) is 6.90. The van der Waals surface area contributed by atoms with Crippen molar-refractivity contribution >= 4 is 11.8 Å². The van der Waals surface area contributed by atoms with Gasteiger partial charge in [0.2, 0.25) is 0 Å². The fourth-order valence-electron chi connectivity index (χ4n) is 1.76. The summed E-state index contributed by atoms with van der Waals surface area (Å²) < 4.78 is 10.4. The summed E-state index contributed by atoms with van der Waals surface area (Å²) in [6, 6.07) is 9.54. The van der Waals surface area contributed by atoms with Crippen LogP contribution in [0.25, 0.3) is 0 Å². The van der Waals surface area contributed by atoms with Gasteiger partial charge < -0.3 is 14.8 Å². The fraction of sp³-hybridized carbons (Fsp3) is 0.600. The summed E-state index contributed by atoms with van der Waals surface area (Å²) in [5.74, 6) is 0.989. The summed E-state index contributed by atoms with van der Waals surface area (Å²) in [7, 11) is 1.69. The molecule has 0 aliphatic heterocycles.